The maximum absolute atomic E-state index is 9.34. The maximum Gasteiger partial charge on any atom is 0.232 e. The molecule has 2 fully saturated rings. The molecule has 3 atom stereocenters. The fourth-order valence-corrected chi connectivity index (χ4v) is 4.64. The van der Waals surface area contributed by atoms with Crippen molar-refractivity contribution in [1.82, 2.24) is 14.9 Å². The lowest BCUT2D eigenvalue weighted by molar-refractivity contribution is 0.181. The molecule has 0 radical (unpaired) electrons. The van der Waals surface area contributed by atoms with Crippen LogP contribution in [0.15, 0.2) is 47.8 Å². The van der Waals surface area contributed by atoms with E-state index in [0.29, 0.717) is 11.6 Å². The van der Waals surface area contributed by atoms with Crippen molar-refractivity contribution in [1.29, 1.82) is 0 Å². The van der Waals surface area contributed by atoms with Crippen LogP contribution in [0.25, 0.3) is 0 Å². The van der Waals surface area contributed by atoms with Crippen LogP contribution >= 0.6 is 11.8 Å². The number of ether oxygens (including phenoxy) is 1. The first-order valence-corrected chi connectivity index (χ1v) is 9.31. The number of thioether (sulfide) groups is 1. The summed E-state index contributed by atoms with van der Waals surface area (Å²) in [5, 5.41) is 9.34. The largest absolute Gasteiger partial charge is 0.508 e. The number of phenols is 1. The summed E-state index contributed by atoms with van der Waals surface area (Å²) in [6.07, 6.45) is 7.54. The molecule has 1 unspecified atom stereocenters. The van der Waals surface area contributed by atoms with E-state index in [0.717, 1.165) is 43.6 Å². The third-order valence-corrected chi connectivity index (χ3v) is 5.96. The number of phenolic OH excluding ortho intramolecular Hbond substituents is 1. The van der Waals surface area contributed by atoms with Crippen molar-refractivity contribution >= 4 is 11.8 Å². The van der Waals surface area contributed by atoms with Gasteiger partial charge in [-0.05, 0) is 48.9 Å². The minimum Gasteiger partial charge on any atom is -0.508 e. The number of aromatic nitrogens is 2. The zero-order valence-corrected chi connectivity index (χ0v) is 14.2. The molecule has 6 heteroatoms. The van der Waals surface area contributed by atoms with Crippen molar-refractivity contribution in [2.24, 2.45) is 11.8 Å². The van der Waals surface area contributed by atoms with Gasteiger partial charge in [-0.25, -0.2) is 4.98 Å². The summed E-state index contributed by atoms with van der Waals surface area (Å²) in [6, 6.07) is 7.44. The standard InChI is InChI=1S/C18H21N3O2S/c22-15-1-3-17(4-2-15)24-12-21-10-13-7-16(8-14(13)11-21)23-18-9-19-5-6-20-18/h1-6,9,13-14,16,22H,7-8,10-12H2/t13-,14+,16?. The molecule has 1 saturated heterocycles. The van der Waals surface area contributed by atoms with Gasteiger partial charge in [-0.3, -0.25) is 9.88 Å². The molecule has 2 aromatic rings. The Morgan fingerprint density at radius 3 is 2.54 bits per heavy atom. The van der Waals surface area contributed by atoms with Gasteiger partial charge in [0, 0.05) is 36.3 Å². The Morgan fingerprint density at radius 1 is 1.12 bits per heavy atom. The van der Waals surface area contributed by atoms with Crippen molar-refractivity contribution in [2.75, 3.05) is 19.0 Å². The van der Waals surface area contributed by atoms with Crippen molar-refractivity contribution < 1.29 is 9.84 Å². The van der Waals surface area contributed by atoms with Crippen LogP contribution in [0.3, 0.4) is 0 Å². The highest BCUT2D eigenvalue weighted by molar-refractivity contribution is 7.99. The molecule has 2 aliphatic rings. The highest BCUT2D eigenvalue weighted by Gasteiger charge is 2.41. The summed E-state index contributed by atoms with van der Waals surface area (Å²) in [7, 11) is 0. The Labute approximate surface area is 146 Å². The van der Waals surface area contributed by atoms with E-state index in [1.165, 1.54) is 4.90 Å². The molecule has 1 aromatic heterocycles. The lowest BCUT2D eigenvalue weighted by Gasteiger charge is -2.19. The number of fused-ring (bicyclic) bond motifs is 1. The van der Waals surface area contributed by atoms with Crippen molar-refractivity contribution in [3.8, 4) is 11.6 Å². The van der Waals surface area contributed by atoms with Crippen LogP contribution in [0.4, 0.5) is 0 Å². The normalized spacial score (nSPS) is 26.4. The van der Waals surface area contributed by atoms with Gasteiger partial charge in [-0.2, -0.15) is 0 Å². The second-order valence-electron chi connectivity index (χ2n) is 6.58. The average Bonchev–Trinajstić information content (AvgIpc) is 3.13. The number of aromatic hydroxyl groups is 1. The van der Waals surface area contributed by atoms with E-state index in [1.807, 2.05) is 23.9 Å². The van der Waals surface area contributed by atoms with E-state index in [4.69, 9.17) is 4.74 Å². The summed E-state index contributed by atoms with van der Waals surface area (Å²) in [4.78, 5) is 12.0. The smallest absolute Gasteiger partial charge is 0.232 e. The SMILES string of the molecule is Oc1ccc(SCN2C[C@H]3CC(Oc4cnccn4)C[C@H]3C2)cc1. The number of likely N-dealkylation sites (tertiary alicyclic amines) is 1. The number of hydrogen-bond donors (Lipinski definition) is 1. The van der Waals surface area contributed by atoms with Crippen LogP contribution in [0.5, 0.6) is 11.6 Å². The van der Waals surface area contributed by atoms with Crippen molar-refractivity contribution in [3.05, 3.63) is 42.9 Å². The quantitative estimate of drug-likeness (QED) is 0.842. The van der Waals surface area contributed by atoms with Gasteiger partial charge >= 0.3 is 0 Å². The first-order chi connectivity index (χ1) is 11.8. The first-order valence-electron chi connectivity index (χ1n) is 8.33. The van der Waals surface area contributed by atoms with Gasteiger partial charge < -0.3 is 9.84 Å². The highest BCUT2D eigenvalue weighted by Crippen LogP contribution is 2.40. The second kappa shape index (κ2) is 6.99. The maximum atomic E-state index is 9.34. The van der Waals surface area contributed by atoms with E-state index in [2.05, 4.69) is 14.9 Å². The molecule has 1 N–H and O–H groups in total. The molecule has 0 spiro atoms. The molecule has 2 heterocycles. The minimum atomic E-state index is 0.281. The molecule has 24 heavy (non-hydrogen) atoms. The van der Waals surface area contributed by atoms with Crippen LogP contribution in [0.1, 0.15) is 12.8 Å². The molecule has 1 aliphatic heterocycles. The van der Waals surface area contributed by atoms with Crippen molar-refractivity contribution in [2.45, 2.75) is 23.8 Å². The summed E-state index contributed by atoms with van der Waals surface area (Å²) < 4.78 is 5.97. The fraction of sp³-hybridized carbons (Fsp3) is 0.444. The molecule has 0 bridgehead atoms. The number of rotatable bonds is 5. The molecular weight excluding hydrogens is 322 g/mol. The Bertz CT molecular complexity index is 654. The Balaban J connectivity index is 1.25. The summed E-state index contributed by atoms with van der Waals surface area (Å²) in [5.74, 6) is 3.43. The molecule has 1 aromatic carbocycles. The number of benzene rings is 1. The van der Waals surface area contributed by atoms with Crippen LogP contribution < -0.4 is 4.74 Å². The van der Waals surface area contributed by atoms with Crippen LogP contribution in [0, 0.1) is 11.8 Å². The Hall–Kier alpha value is -1.79. The molecule has 0 amide bonds. The van der Waals surface area contributed by atoms with Gasteiger partial charge in [0.15, 0.2) is 0 Å². The van der Waals surface area contributed by atoms with Gasteiger partial charge in [0.25, 0.3) is 0 Å². The lowest BCUT2D eigenvalue weighted by Crippen LogP contribution is -2.24. The zero-order chi connectivity index (χ0) is 16.4. The van der Waals surface area contributed by atoms with E-state index >= 15 is 0 Å². The molecular formula is C18H21N3O2S. The van der Waals surface area contributed by atoms with E-state index in [-0.39, 0.29) is 6.10 Å². The van der Waals surface area contributed by atoms with E-state index < -0.39 is 0 Å². The topological polar surface area (TPSA) is 58.5 Å². The van der Waals surface area contributed by atoms with Crippen molar-refractivity contribution in [3.63, 3.8) is 0 Å². The van der Waals surface area contributed by atoms with Gasteiger partial charge in [-0.1, -0.05) is 0 Å². The monoisotopic (exact) mass is 343 g/mol. The Morgan fingerprint density at radius 2 is 1.88 bits per heavy atom. The van der Waals surface area contributed by atoms with Gasteiger partial charge in [0.05, 0.1) is 6.20 Å². The average molecular weight is 343 g/mol. The second-order valence-corrected chi connectivity index (χ2v) is 7.60. The lowest BCUT2D eigenvalue weighted by atomic mass is 10.0. The molecule has 1 saturated carbocycles. The molecule has 5 nitrogen and oxygen atoms in total. The van der Waals surface area contributed by atoms with E-state index in [1.54, 1.807) is 30.7 Å². The first kappa shape index (κ1) is 15.7. The van der Waals surface area contributed by atoms with Crippen LogP contribution in [-0.2, 0) is 0 Å². The molecule has 1 aliphatic carbocycles. The summed E-state index contributed by atoms with van der Waals surface area (Å²) in [5.41, 5.74) is 0. The fourth-order valence-electron chi connectivity index (χ4n) is 3.77. The van der Waals surface area contributed by atoms with Gasteiger partial charge in [0.2, 0.25) is 5.88 Å². The Kier molecular flexibility index (Phi) is 4.58. The van der Waals surface area contributed by atoms with Gasteiger partial charge in [-0.15, -0.1) is 11.8 Å². The highest BCUT2D eigenvalue weighted by atomic mass is 32.2. The van der Waals surface area contributed by atoms with E-state index in [9.17, 15) is 5.11 Å². The number of hydrogen-bond acceptors (Lipinski definition) is 6. The summed E-state index contributed by atoms with van der Waals surface area (Å²) in [6.45, 7) is 2.30. The third-order valence-electron chi connectivity index (χ3n) is 4.86. The summed E-state index contributed by atoms with van der Waals surface area (Å²) >= 11 is 1.83. The van der Waals surface area contributed by atoms with Crippen LogP contribution in [0.2, 0.25) is 0 Å². The molecule has 4 rings (SSSR count). The predicted molar refractivity (Wildman–Crippen MR) is 93.1 cm³/mol. The predicted octanol–water partition coefficient (Wildman–Crippen LogP) is 3.02. The van der Waals surface area contributed by atoms with Crippen LogP contribution in [-0.4, -0.2) is 45.0 Å². The van der Waals surface area contributed by atoms with Gasteiger partial charge in [0.1, 0.15) is 11.9 Å². The zero-order valence-electron chi connectivity index (χ0n) is 13.4. The third kappa shape index (κ3) is 3.65. The number of nitrogens with zero attached hydrogens (tertiary/aromatic N) is 3. The minimum absolute atomic E-state index is 0.281. The molecule has 126 valence electrons.